The van der Waals surface area contributed by atoms with Crippen molar-refractivity contribution in [3.8, 4) is 0 Å². The zero-order valence-electron chi connectivity index (χ0n) is 10.6. The van der Waals surface area contributed by atoms with Crippen LogP contribution in [0.4, 0.5) is 0 Å². The quantitative estimate of drug-likeness (QED) is 0.818. The van der Waals surface area contributed by atoms with Crippen molar-refractivity contribution in [2.75, 3.05) is 27.3 Å². The number of aromatic amines is 1. The first-order valence-electron chi connectivity index (χ1n) is 5.90. The third-order valence-electron chi connectivity index (χ3n) is 2.87. The Morgan fingerprint density at radius 2 is 2.39 bits per heavy atom. The second-order valence-electron chi connectivity index (χ2n) is 4.17. The zero-order chi connectivity index (χ0) is 13.0. The van der Waals surface area contributed by atoms with Gasteiger partial charge in [-0.25, -0.2) is 4.98 Å². The number of rotatable bonds is 5. The molecule has 0 saturated heterocycles. The van der Waals surface area contributed by atoms with E-state index in [0.717, 1.165) is 17.5 Å². The molecule has 2 rings (SSSR count). The number of ether oxygens (including phenoxy) is 1. The molecule has 0 bridgehead atoms. The van der Waals surface area contributed by atoms with Crippen molar-refractivity contribution < 1.29 is 9.53 Å². The fraction of sp³-hybridized carbons (Fsp3) is 0.385. The van der Waals surface area contributed by atoms with Gasteiger partial charge in [0.1, 0.15) is 5.65 Å². The molecule has 2 heterocycles. The smallest absolute Gasteiger partial charge is 0.255 e. The summed E-state index contributed by atoms with van der Waals surface area (Å²) in [5.41, 5.74) is 1.41. The van der Waals surface area contributed by atoms with Gasteiger partial charge in [-0.05, 0) is 18.6 Å². The first kappa shape index (κ1) is 12.6. The van der Waals surface area contributed by atoms with Crippen molar-refractivity contribution in [2.24, 2.45) is 0 Å². The van der Waals surface area contributed by atoms with Gasteiger partial charge in [0.05, 0.1) is 5.56 Å². The Hall–Kier alpha value is -1.88. The van der Waals surface area contributed by atoms with Crippen LogP contribution < -0.4 is 0 Å². The van der Waals surface area contributed by atoms with Gasteiger partial charge in [0.25, 0.3) is 5.91 Å². The molecule has 0 aliphatic heterocycles. The van der Waals surface area contributed by atoms with Gasteiger partial charge in [0.2, 0.25) is 0 Å². The van der Waals surface area contributed by atoms with Gasteiger partial charge >= 0.3 is 0 Å². The highest BCUT2D eigenvalue weighted by molar-refractivity contribution is 6.05. The molecule has 0 spiro atoms. The fourth-order valence-corrected chi connectivity index (χ4v) is 1.89. The van der Waals surface area contributed by atoms with E-state index in [1.807, 2.05) is 12.1 Å². The molecule has 2 aromatic rings. The van der Waals surface area contributed by atoms with Crippen LogP contribution >= 0.6 is 0 Å². The third kappa shape index (κ3) is 2.51. The molecule has 0 aromatic carbocycles. The van der Waals surface area contributed by atoms with Crippen molar-refractivity contribution in [3.63, 3.8) is 0 Å². The lowest BCUT2D eigenvalue weighted by Crippen LogP contribution is -2.28. The molecular formula is C13H17N3O2. The summed E-state index contributed by atoms with van der Waals surface area (Å²) < 4.78 is 4.98. The topological polar surface area (TPSA) is 58.2 Å². The number of pyridine rings is 1. The van der Waals surface area contributed by atoms with Gasteiger partial charge in [0, 0.05) is 45.1 Å². The summed E-state index contributed by atoms with van der Waals surface area (Å²) in [5.74, 6) is 0.00496. The second-order valence-corrected chi connectivity index (χ2v) is 4.17. The minimum absolute atomic E-state index is 0.00496. The Morgan fingerprint density at radius 1 is 1.56 bits per heavy atom. The van der Waals surface area contributed by atoms with E-state index in [-0.39, 0.29) is 5.91 Å². The van der Waals surface area contributed by atoms with Crippen LogP contribution in [-0.4, -0.2) is 48.1 Å². The van der Waals surface area contributed by atoms with E-state index in [0.29, 0.717) is 18.7 Å². The number of carbonyl (C=O) groups excluding carboxylic acids is 1. The number of aromatic nitrogens is 2. The Labute approximate surface area is 106 Å². The minimum atomic E-state index is 0.00496. The number of nitrogens with zero attached hydrogens (tertiary/aromatic N) is 2. The molecule has 96 valence electrons. The molecule has 0 aliphatic carbocycles. The first-order chi connectivity index (χ1) is 8.74. The van der Waals surface area contributed by atoms with Crippen molar-refractivity contribution >= 4 is 16.9 Å². The largest absolute Gasteiger partial charge is 0.385 e. The lowest BCUT2D eigenvalue weighted by Gasteiger charge is -2.16. The molecule has 0 fully saturated rings. The van der Waals surface area contributed by atoms with E-state index in [1.165, 1.54) is 0 Å². The Bertz CT molecular complexity index is 536. The summed E-state index contributed by atoms with van der Waals surface area (Å²) >= 11 is 0. The number of amides is 1. The minimum Gasteiger partial charge on any atom is -0.385 e. The van der Waals surface area contributed by atoms with E-state index >= 15 is 0 Å². The predicted octanol–water partition coefficient (Wildman–Crippen LogP) is 1.67. The SMILES string of the molecule is COCCCN(C)C(=O)c1c[nH]c2ncccc12. The van der Waals surface area contributed by atoms with Crippen LogP contribution in [0, 0.1) is 0 Å². The molecule has 18 heavy (non-hydrogen) atoms. The molecule has 0 unspecified atom stereocenters. The number of hydrogen-bond acceptors (Lipinski definition) is 3. The zero-order valence-corrected chi connectivity index (χ0v) is 10.6. The van der Waals surface area contributed by atoms with Crippen LogP contribution in [-0.2, 0) is 4.74 Å². The van der Waals surface area contributed by atoms with E-state index in [2.05, 4.69) is 9.97 Å². The van der Waals surface area contributed by atoms with Crippen LogP contribution in [0.3, 0.4) is 0 Å². The van der Waals surface area contributed by atoms with Gasteiger partial charge in [0.15, 0.2) is 0 Å². The lowest BCUT2D eigenvalue weighted by molar-refractivity contribution is 0.0781. The van der Waals surface area contributed by atoms with Crippen LogP contribution in [0.1, 0.15) is 16.8 Å². The van der Waals surface area contributed by atoms with Crippen LogP contribution in [0.2, 0.25) is 0 Å². The van der Waals surface area contributed by atoms with Crippen molar-refractivity contribution in [3.05, 3.63) is 30.1 Å². The average Bonchev–Trinajstić information content (AvgIpc) is 2.82. The number of nitrogens with one attached hydrogen (secondary N) is 1. The van der Waals surface area contributed by atoms with E-state index < -0.39 is 0 Å². The Morgan fingerprint density at radius 3 is 3.17 bits per heavy atom. The maximum Gasteiger partial charge on any atom is 0.255 e. The predicted molar refractivity (Wildman–Crippen MR) is 69.5 cm³/mol. The summed E-state index contributed by atoms with van der Waals surface area (Å²) in [5, 5.41) is 0.862. The third-order valence-corrected chi connectivity index (χ3v) is 2.87. The first-order valence-corrected chi connectivity index (χ1v) is 5.90. The maximum absolute atomic E-state index is 12.3. The van der Waals surface area contributed by atoms with Gasteiger partial charge in [-0.15, -0.1) is 0 Å². The highest BCUT2D eigenvalue weighted by Crippen LogP contribution is 2.17. The summed E-state index contributed by atoms with van der Waals surface area (Å²) in [4.78, 5) is 21.1. The van der Waals surface area contributed by atoms with Crippen LogP contribution in [0.25, 0.3) is 11.0 Å². The number of H-pyrrole nitrogens is 1. The average molecular weight is 247 g/mol. The van der Waals surface area contributed by atoms with Gasteiger partial charge in [-0.1, -0.05) is 0 Å². The van der Waals surface area contributed by atoms with E-state index in [1.54, 1.807) is 31.5 Å². The number of hydrogen-bond donors (Lipinski definition) is 1. The lowest BCUT2D eigenvalue weighted by atomic mass is 10.2. The van der Waals surface area contributed by atoms with Gasteiger partial charge in [-0.2, -0.15) is 0 Å². The van der Waals surface area contributed by atoms with Crippen molar-refractivity contribution in [1.29, 1.82) is 0 Å². The number of carbonyl (C=O) groups is 1. The molecule has 0 aliphatic rings. The van der Waals surface area contributed by atoms with Crippen molar-refractivity contribution in [2.45, 2.75) is 6.42 Å². The second kappa shape index (κ2) is 5.64. The molecule has 0 saturated carbocycles. The summed E-state index contributed by atoms with van der Waals surface area (Å²) in [6.07, 6.45) is 4.25. The molecule has 2 aromatic heterocycles. The summed E-state index contributed by atoms with van der Waals surface area (Å²) in [6.45, 7) is 1.34. The standard InChI is InChI=1S/C13H17N3O2/c1-16(7-4-8-18-2)13(17)11-9-15-12-10(11)5-3-6-14-12/h3,5-6,9H,4,7-8H2,1-2H3,(H,14,15). The maximum atomic E-state index is 12.3. The highest BCUT2D eigenvalue weighted by atomic mass is 16.5. The molecule has 5 nitrogen and oxygen atoms in total. The normalized spacial score (nSPS) is 10.8. The number of fused-ring (bicyclic) bond motifs is 1. The summed E-state index contributed by atoms with van der Waals surface area (Å²) in [7, 11) is 3.46. The molecule has 1 amide bonds. The van der Waals surface area contributed by atoms with Gasteiger partial charge < -0.3 is 14.6 Å². The molecule has 0 radical (unpaired) electrons. The van der Waals surface area contributed by atoms with Crippen LogP contribution in [0.5, 0.6) is 0 Å². The monoisotopic (exact) mass is 247 g/mol. The highest BCUT2D eigenvalue weighted by Gasteiger charge is 2.15. The Kier molecular flexibility index (Phi) is 3.94. The Balaban J connectivity index is 2.13. The molecular weight excluding hydrogens is 230 g/mol. The van der Waals surface area contributed by atoms with Crippen molar-refractivity contribution in [1.82, 2.24) is 14.9 Å². The fourth-order valence-electron chi connectivity index (χ4n) is 1.89. The van der Waals surface area contributed by atoms with E-state index in [4.69, 9.17) is 4.74 Å². The molecule has 1 N–H and O–H groups in total. The molecule has 0 atom stereocenters. The summed E-state index contributed by atoms with van der Waals surface area (Å²) in [6, 6.07) is 3.73. The number of methoxy groups -OCH3 is 1. The van der Waals surface area contributed by atoms with E-state index in [9.17, 15) is 4.79 Å². The molecule has 5 heteroatoms. The van der Waals surface area contributed by atoms with Gasteiger partial charge in [-0.3, -0.25) is 4.79 Å². The van der Waals surface area contributed by atoms with Crippen LogP contribution in [0.15, 0.2) is 24.5 Å².